The van der Waals surface area contributed by atoms with Gasteiger partial charge in [-0.25, -0.2) is 0 Å². The van der Waals surface area contributed by atoms with Crippen LogP contribution in [0.15, 0.2) is 18.2 Å². The number of aryl methyl sites for hydroxylation is 1. The van der Waals surface area contributed by atoms with E-state index >= 15 is 0 Å². The highest BCUT2D eigenvalue weighted by atomic mass is 35.5. The molecule has 0 heterocycles. The Kier molecular flexibility index (Phi) is 4.49. The standard InChI is InChI=1S/C14H17ClN2O3/c1-8-6-11(8)14(19)17-16-13(18)7-20-10-3-4-12(15)9(2)5-10/h3-5,8,11H,6-7H2,1-2H3,(H,16,18)(H,17,19)/t8-,11-/m0/s1. The maximum atomic E-state index is 11.5. The van der Waals surface area contributed by atoms with E-state index in [-0.39, 0.29) is 18.4 Å². The van der Waals surface area contributed by atoms with E-state index in [1.54, 1.807) is 18.2 Å². The second-order valence-electron chi connectivity index (χ2n) is 5.06. The molecule has 0 aromatic heterocycles. The molecule has 2 atom stereocenters. The lowest BCUT2D eigenvalue weighted by Crippen LogP contribution is -2.44. The fraction of sp³-hybridized carbons (Fsp3) is 0.429. The first-order valence-electron chi connectivity index (χ1n) is 6.45. The number of hydrogen-bond acceptors (Lipinski definition) is 3. The largest absolute Gasteiger partial charge is 0.484 e. The van der Waals surface area contributed by atoms with Crippen molar-refractivity contribution < 1.29 is 14.3 Å². The summed E-state index contributed by atoms with van der Waals surface area (Å²) in [7, 11) is 0. The van der Waals surface area contributed by atoms with Crippen LogP contribution >= 0.6 is 11.6 Å². The first kappa shape index (κ1) is 14.7. The summed E-state index contributed by atoms with van der Waals surface area (Å²) in [5, 5.41) is 0.646. The summed E-state index contributed by atoms with van der Waals surface area (Å²) in [6, 6.07) is 5.15. The van der Waals surface area contributed by atoms with Gasteiger partial charge in [0.15, 0.2) is 6.61 Å². The van der Waals surface area contributed by atoms with E-state index in [9.17, 15) is 9.59 Å². The van der Waals surface area contributed by atoms with Crippen molar-refractivity contribution in [3.63, 3.8) is 0 Å². The second kappa shape index (κ2) is 6.13. The number of benzene rings is 1. The maximum Gasteiger partial charge on any atom is 0.276 e. The highest BCUT2D eigenvalue weighted by Gasteiger charge is 2.39. The maximum absolute atomic E-state index is 11.5. The molecule has 6 heteroatoms. The monoisotopic (exact) mass is 296 g/mol. The normalized spacial score (nSPS) is 20.1. The second-order valence-corrected chi connectivity index (χ2v) is 5.46. The molecule has 2 rings (SSSR count). The Morgan fingerprint density at radius 1 is 1.40 bits per heavy atom. The molecule has 0 spiro atoms. The lowest BCUT2D eigenvalue weighted by Gasteiger charge is -2.09. The van der Waals surface area contributed by atoms with E-state index in [2.05, 4.69) is 10.9 Å². The molecule has 1 aliphatic carbocycles. The lowest BCUT2D eigenvalue weighted by molar-refractivity contribution is -0.130. The quantitative estimate of drug-likeness (QED) is 0.833. The zero-order valence-electron chi connectivity index (χ0n) is 11.4. The van der Waals surface area contributed by atoms with Gasteiger partial charge < -0.3 is 4.74 Å². The van der Waals surface area contributed by atoms with Gasteiger partial charge in [-0.1, -0.05) is 18.5 Å². The molecular weight excluding hydrogens is 280 g/mol. The predicted octanol–water partition coefficient (Wildman–Crippen LogP) is 1.83. The van der Waals surface area contributed by atoms with Gasteiger partial charge in [0.25, 0.3) is 5.91 Å². The highest BCUT2D eigenvalue weighted by Crippen LogP contribution is 2.37. The van der Waals surface area contributed by atoms with E-state index < -0.39 is 5.91 Å². The summed E-state index contributed by atoms with van der Waals surface area (Å²) >= 11 is 5.89. The Balaban J connectivity index is 1.72. The number of rotatable bonds is 4. The summed E-state index contributed by atoms with van der Waals surface area (Å²) < 4.78 is 5.31. The lowest BCUT2D eigenvalue weighted by atomic mass is 10.2. The topological polar surface area (TPSA) is 67.4 Å². The molecule has 0 bridgehead atoms. The van der Waals surface area contributed by atoms with Gasteiger partial charge >= 0.3 is 0 Å². The third-order valence-electron chi connectivity index (χ3n) is 3.27. The predicted molar refractivity (Wildman–Crippen MR) is 75.2 cm³/mol. The van der Waals surface area contributed by atoms with Gasteiger partial charge in [-0.05, 0) is 43.0 Å². The van der Waals surface area contributed by atoms with Crippen molar-refractivity contribution in [3.05, 3.63) is 28.8 Å². The first-order chi connectivity index (χ1) is 9.47. The number of halogens is 1. The molecule has 108 valence electrons. The Hall–Kier alpha value is -1.75. The number of ether oxygens (including phenoxy) is 1. The number of carbonyl (C=O) groups is 2. The molecule has 0 radical (unpaired) electrons. The van der Waals surface area contributed by atoms with E-state index in [1.807, 2.05) is 13.8 Å². The molecule has 1 aromatic carbocycles. The van der Waals surface area contributed by atoms with Crippen molar-refractivity contribution in [3.8, 4) is 5.75 Å². The highest BCUT2D eigenvalue weighted by molar-refractivity contribution is 6.31. The smallest absolute Gasteiger partial charge is 0.276 e. The fourth-order valence-corrected chi connectivity index (χ4v) is 1.92. The minimum Gasteiger partial charge on any atom is -0.484 e. The van der Waals surface area contributed by atoms with Crippen molar-refractivity contribution >= 4 is 23.4 Å². The van der Waals surface area contributed by atoms with Crippen molar-refractivity contribution in [1.29, 1.82) is 0 Å². The molecule has 2 amide bonds. The van der Waals surface area contributed by atoms with Crippen molar-refractivity contribution in [2.24, 2.45) is 11.8 Å². The molecule has 1 fully saturated rings. The average molecular weight is 297 g/mol. The summed E-state index contributed by atoms with van der Waals surface area (Å²) in [4.78, 5) is 23.0. The molecule has 0 aliphatic heterocycles. The van der Waals surface area contributed by atoms with Crippen LogP contribution in [0.3, 0.4) is 0 Å². The Labute approximate surface area is 122 Å². The minimum atomic E-state index is -0.403. The zero-order valence-corrected chi connectivity index (χ0v) is 12.2. The van der Waals surface area contributed by atoms with E-state index in [0.717, 1.165) is 12.0 Å². The van der Waals surface area contributed by atoms with Crippen LogP contribution in [0.25, 0.3) is 0 Å². The van der Waals surface area contributed by atoms with Crippen LogP contribution in [0.1, 0.15) is 18.9 Å². The fourth-order valence-electron chi connectivity index (χ4n) is 1.80. The van der Waals surface area contributed by atoms with Gasteiger partial charge in [0.1, 0.15) is 5.75 Å². The van der Waals surface area contributed by atoms with Crippen LogP contribution < -0.4 is 15.6 Å². The first-order valence-corrected chi connectivity index (χ1v) is 6.83. The SMILES string of the molecule is Cc1cc(OCC(=O)NNC(=O)[C@H]2C[C@@H]2C)ccc1Cl. The Morgan fingerprint density at radius 3 is 2.70 bits per heavy atom. The summed E-state index contributed by atoms with van der Waals surface area (Å²) in [6.45, 7) is 3.69. The number of amides is 2. The van der Waals surface area contributed by atoms with E-state index in [4.69, 9.17) is 16.3 Å². The molecule has 2 N–H and O–H groups in total. The molecular formula is C14H17ClN2O3. The summed E-state index contributed by atoms with van der Waals surface area (Å²) in [5.41, 5.74) is 5.60. The van der Waals surface area contributed by atoms with Crippen LogP contribution in [0.4, 0.5) is 0 Å². The number of carbonyl (C=O) groups excluding carboxylic acids is 2. The Morgan fingerprint density at radius 2 is 2.10 bits per heavy atom. The minimum absolute atomic E-state index is 0.0233. The third kappa shape index (κ3) is 3.87. The average Bonchev–Trinajstić information content (AvgIpc) is 3.14. The van der Waals surface area contributed by atoms with Gasteiger partial charge in [-0.2, -0.15) is 0 Å². The summed E-state index contributed by atoms with van der Waals surface area (Å²) in [6.07, 6.45) is 0.877. The van der Waals surface area contributed by atoms with Crippen molar-refractivity contribution in [1.82, 2.24) is 10.9 Å². The molecule has 5 nitrogen and oxygen atoms in total. The molecule has 20 heavy (non-hydrogen) atoms. The van der Waals surface area contributed by atoms with Gasteiger partial charge in [-0.15, -0.1) is 0 Å². The van der Waals surface area contributed by atoms with Crippen LogP contribution in [0.2, 0.25) is 5.02 Å². The van der Waals surface area contributed by atoms with Gasteiger partial charge in [0, 0.05) is 10.9 Å². The zero-order chi connectivity index (χ0) is 14.7. The van der Waals surface area contributed by atoms with Crippen molar-refractivity contribution in [2.45, 2.75) is 20.3 Å². The van der Waals surface area contributed by atoms with E-state index in [0.29, 0.717) is 16.7 Å². The van der Waals surface area contributed by atoms with Crippen LogP contribution in [0, 0.1) is 18.8 Å². The van der Waals surface area contributed by atoms with E-state index in [1.165, 1.54) is 0 Å². The number of hydrogen-bond donors (Lipinski definition) is 2. The van der Waals surface area contributed by atoms with Crippen LogP contribution in [-0.2, 0) is 9.59 Å². The molecule has 1 saturated carbocycles. The number of nitrogens with one attached hydrogen (secondary N) is 2. The molecule has 1 aromatic rings. The molecule has 0 saturated heterocycles. The Bertz CT molecular complexity index is 533. The van der Waals surface area contributed by atoms with Crippen LogP contribution in [0.5, 0.6) is 5.75 Å². The van der Waals surface area contributed by atoms with Gasteiger partial charge in [0.05, 0.1) is 0 Å². The van der Waals surface area contributed by atoms with Gasteiger partial charge in [-0.3, -0.25) is 20.4 Å². The van der Waals surface area contributed by atoms with Crippen LogP contribution in [-0.4, -0.2) is 18.4 Å². The third-order valence-corrected chi connectivity index (χ3v) is 3.69. The molecule has 1 aliphatic rings. The number of hydrazine groups is 1. The van der Waals surface area contributed by atoms with Gasteiger partial charge in [0.2, 0.25) is 5.91 Å². The molecule has 0 unspecified atom stereocenters. The van der Waals surface area contributed by atoms with Crippen molar-refractivity contribution in [2.75, 3.05) is 6.61 Å². The summed E-state index contributed by atoms with van der Waals surface area (Å²) in [5.74, 6) is 0.437.